The highest BCUT2D eigenvalue weighted by atomic mass is 35.5. The predicted molar refractivity (Wildman–Crippen MR) is 82.1 cm³/mol. The zero-order chi connectivity index (χ0) is 13.9. The van der Waals surface area contributed by atoms with Crippen LogP contribution in [0.1, 0.15) is 18.4 Å². The van der Waals surface area contributed by atoms with Gasteiger partial charge < -0.3 is 15.4 Å². The normalized spacial score (nSPS) is 17.1. The molecule has 1 aliphatic heterocycles. The number of nitrogens with zero attached hydrogens (tertiary/aromatic N) is 1. The minimum absolute atomic E-state index is 0. The second-order valence-corrected chi connectivity index (χ2v) is 5.50. The fourth-order valence-electron chi connectivity index (χ4n) is 2.31. The number of hydrogen-bond donors (Lipinski definition) is 1. The third-order valence-electron chi connectivity index (χ3n) is 3.47. The highest BCUT2D eigenvalue weighted by molar-refractivity contribution is 6.30. The molecule has 0 saturated carbocycles. The molecule has 0 aliphatic carbocycles. The predicted octanol–water partition coefficient (Wildman–Crippen LogP) is 2.23. The van der Waals surface area contributed by atoms with Crippen molar-refractivity contribution in [1.82, 2.24) is 4.90 Å². The number of benzene rings is 1. The Labute approximate surface area is 130 Å². The molecule has 1 heterocycles. The van der Waals surface area contributed by atoms with E-state index in [0.29, 0.717) is 37.6 Å². The summed E-state index contributed by atoms with van der Waals surface area (Å²) in [6.07, 6.45) is 1.15. The number of carbonyl (C=O) groups excluding carboxylic acids is 1. The van der Waals surface area contributed by atoms with Crippen molar-refractivity contribution in [2.45, 2.75) is 24.9 Å². The Morgan fingerprint density at radius 1 is 1.45 bits per heavy atom. The number of ether oxygens (including phenoxy) is 1. The van der Waals surface area contributed by atoms with Crippen LogP contribution in [0.25, 0.3) is 0 Å². The molecule has 2 rings (SSSR count). The molecule has 1 amide bonds. The first-order chi connectivity index (χ1) is 9.01. The van der Waals surface area contributed by atoms with Gasteiger partial charge >= 0.3 is 0 Å². The highest BCUT2D eigenvalue weighted by Crippen LogP contribution is 2.21. The van der Waals surface area contributed by atoms with Crippen molar-refractivity contribution in [2.24, 2.45) is 5.73 Å². The van der Waals surface area contributed by atoms with Gasteiger partial charge in [0, 0.05) is 31.8 Å². The molecule has 6 heteroatoms. The van der Waals surface area contributed by atoms with E-state index in [4.69, 9.17) is 22.1 Å². The summed E-state index contributed by atoms with van der Waals surface area (Å²) < 4.78 is 5.26. The Balaban J connectivity index is 0.00000200. The van der Waals surface area contributed by atoms with Crippen molar-refractivity contribution in [3.63, 3.8) is 0 Å². The fourth-order valence-corrected chi connectivity index (χ4v) is 2.52. The van der Waals surface area contributed by atoms with Gasteiger partial charge in [0.25, 0.3) is 0 Å². The Hall–Kier alpha value is -0.810. The molecular weight excluding hydrogens is 299 g/mol. The van der Waals surface area contributed by atoms with E-state index in [0.717, 1.165) is 5.56 Å². The molecule has 20 heavy (non-hydrogen) atoms. The lowest BCUT2D eigenvalue weighted by Gasteiger charge is -2.35. The average Bonchev–Trinajstić information content (AvgIpc) is 2.38. The number of amides is 1. The van der Waals surface area contributed by atoms with E-state index in [1.165, 1.54) is 0 Å². The minimum atomic E-state index is -0.786. The van der Waals surface area contributed by atoms with Crippen molar-refractivity contribution in [3.8, 4) is 0 Å². The Bertz CT molecular complexity index is 462. The van der Waals surface area contributed by atoms with Gasteiger partial charge in [-0.15, -0.1) is 12.4 Å². The molecule has 2 N–H and O–H groups in total. The van der Waals surface area contributed by atoms with Crippen LogP contribution in [-0.2, 0) is 16.1 Å². The minimum Gasteiger partial charge on any atom is -0.381 e. The number of nitrogens with two attached hydrogens (primary N) is 1. The first-order valence-electron chi connectivity index (χ1n) is 6.38. The number of halogens is 2. The third-order valence-corrected chi connectivity index (χ3v) is 3.70. The zero-order valence-corrected chi connectivity index (χ0v) is 13.0. The van der Waals surface area contributed by atoms with E-state index in [1.807, 2.05) is 24.3 Å². The SMILES string of the molecule is CN(Cc1cccc(Cl)c1)C(=O)C1(N)CCOCC1.Cl. The van der Waals surface area contributed by atoms with Crippen LogP contribution >= 0.6 is 24.0 Å². The molecule has 0 bridgehead atoms. The molecule has 0 spiro atoms. The van der Waals surface area contributed by atoms with Gasteiger partial charge in [-0.25, -0.2) is 0 Å². The smallest absolute Gasteiger partial charge is 0.242 e. The third kappa shape index (κ3) is 4.09. The van der Waals surface area contributed by atoms with Gasteiger partial charge in [0.1, 0.15) is 0 Å². The van der Waals surface area contributed by atoms with Crippen molar-refractivity contribution in [1.29, 1.82) is 0 Å². The van der Waals surface area contributed by atoms with Gasteiger partial charge in [-0.05, 0) is 30.5 Å². The van der Waals surface area contributed by atoms with Crippen molar-refractivity contribution in [3.05, 3.63) is 34.9 Å². The van der Waals surface area contributed by atoms with Gasteiger partial charge in [0.05, 0.1) is 5.54 Å². The lowest BCUT2D eigenvalue weighted by atomic mass is 9.89. The molecule has 4 nitrogen and oxygen atoms in total. The van der Waals surface area contributed by atoms with Crippen LogP contribution in [0.5, 0.6) is 0 Å². The molecule has 1 aliphatic rings. The van der Waals surface area contributed by atoms with Gasteiger partial charge in [-0.3, -0.25) is 4.79 Å². The number of carbonyl (C=O) groups is 1. The summed E-state index contributed by atoms with van der Waals surface area (Å²) >= 11 is 5.94. The Morgan fingerprint density at radius 3 is 2.70 bits per heavy atom. The molecule has 0 aromatic heterocycles. The molecule has 0 atom stereocenters. The van der Waals surface area contributed by atoms with E-state index >= 15 is 0 Å². The molecule has 1 aromatic rings. The second-order valence-electron chi connectivity index (χ2n) is 5.06. The van der Waals surface area contributed by atoms with Crippen LogP contribution in [0.15, 0.2) is 24.3 Å². The van der Waals surface area contributed by atoms with Crippen LogP contribution in [0.4, 0.5) is 0 Å². The van der Waals surface area contributed by atoms with Gasteiger partial charge in [0.2, 0.25) is 5.91 Å². The maximum atomic E-state index is 12.4. The number of rotatable bonds is 3. The van der Waals surface area contributed by atoms with Crippen LogP contribution in [0.3, 0.4) is 0 Å². The van der Waals surface area contributed by atoms with E-state index in [9.17, 15) is 4.79 Å². The lowest BCUT2D eigenvalue weighted by Crippen LogP contribution is -2.57. The standard InChI is InChI=1S/C14H19ClN2O2.ClH/c1-17(10-11-3-2-4-12(15)9-11)13(18)14(16)5-7-19-8-6-14;/h2-4,9H,5-8,10,16H2,1H3;1H. The van der Waals surface area contributed by atoms with Gasteiger partial charge in [-0.1, -0.05) is 23.7 Å². The largest absolute Gasteiger partial charge is 0.381 e. The van der Waals surface area contributed by atoms with Crippen LogP contribution < -0.4 is 5.73 Å². The Kier molecular flexibility index (Phi) is 6.27. The maximum absolute atomic E-state index is 12.4. The summed E-state index contributed by atoms with van der Waals surface area (Å²) in [5.41, 5.74) is 6.40. The summed E-state index contributed by atoms with van der Waals surface area (Å²) in [6, 6.07) is 7.50. The molecule has 0 radical (unpaired) electrons. The summed E-state index contributed by atoms with van der Waals surface area (Å²) in [4.78, 5) is 14.1. The summed E-state index contributed by atoms with van der Waals surface area (Å²) in [5.74, 6) is -0.0317. The monoisotopic (exact) mass is 318 g/mol. The lowest BCUT2D eigenvalue weighted by molar-refractivity contribution is -0.139. The summed E-state index contributed by atoms with van der Waals surface area (Å²) in [5, 5.41) is 0.673. The molecule has 112 valence electrons. The van der Waals surface area contributed by atoms with Gasteiger partial charge in [0.15, 0.2) is 0 Å². The molecule has 1 aromatic carbocycles. The molecule has 1 saturated heterocycles. The van der Waals surface area contributed by atoms with Crippen molar-refractivity contribution >= 4 is 29.9 Å². The summed E-state index contributed by atoms with van der Waals surface area (Å²) in [6.45, 7) is 1.61. The second kappa shape index (κ2) is 7.27. The first-order valence-corrected chi connectivity index (χ1v) is 6.76. The first kappa shape index (κ1) is 17.2. The quantitative estimate of drug-likeness (QED) is 0.929. The Morgan fingerprint density at radius 2 is 2.10 bits per heavy atom. The van der Waals surface area contributed by atoms with E-state index < -0.39 is 5.54 Å². The molecule has 0 unspecified atom stereocenters. The fraction of sp³-hybridized carbons (Fsp3) is 0.500. The topological polar surface area (TPSA) is 55.6 Å². The van der Waals surface area contributed by atoms with Crippen molar-refractivity contribution in [2.75, 3.05) is 20.3 Å². The maximum Gasteiger partial charge on any atom is 0.242 e. The zero-order valence-electron chi connectivity index (χ0n) is 11.5. The molecule has 1 fully saturated rings. The van der Waals surface area contributed by atoms with E-state index in [2.05, 4.69) is 0 Å². The van der Waals surface area contributed by atoms with Crippen LogP contribution in [0, 0.1) is 0 Å². The van der Waals surface area contributed by atoms with Crippen LogP contribution in [-0.4, -0.2) is 36.6 Å². The number of likely N-dealkylation sites (N-methyl/N-ethyl adjacent to an activating group) is 1. The average molecular weight is 319 g/mol. The van der Waals surface area contributed by atoms with Crippen LogP contribution in [0.2, 0.25) is 5.02 Å². The van der Waals surface area contributed by atoms with Crippen molar-refractivity contribution < 1.29 is 9.53 Å². The van der Waals surface area contributed by atoms with E-state index in [-0.39, 0.29) is 18.3 Å². The highest BCUT2D eigenvalue weighted by Gasteiger charge is 2.37. The van der Waals surface area contributed by atoms with E-state index in [1.54, 1.807) is 11.9 Å². The molecular formula is C14H20Cl2N2O2. The van der Waals surface area contributed by atoms with Gasteiger partial charge in [-0.2, -0.15) is 0 Å². The number of hydrogen-bond acceptors (Lipinski definition) is 3. The summed E-state index contributed by atoms with van der Waals surface area (Å²) in [7, 11) is 1.77.